The van der Waals surface area contributed by atoms with Gasteiger partial charge in [-0.3, -0.25) is 4.79 Å². The number of hydrogen-bond acceptors (Lipinski definition) is 5. The minimum atomic E-state index is -1.52. The summed E-state index contributed by atoms with van der Waals surface area (Å²) in [6.45, 7) is -1.87. The molecular weight excluding hydrogens is 306 g/mol. The van der Waals surface area contributed by atoms with Crippen molar-refractivity contribution in [3.05, 3.63) is 28.2 Å². The van der Waals surface area contributed by atoms with Gasteiger partial charge >= 0.3 is 0 Å². The molecule has 5 N–H and O–H groups in total. The van der Waals surface area contributed by atoms with Gasteiger partial charge in [0.2, 0.25) is 0 Å². The maximum absolute atomic E-state index is 11.8. The average molecular weight is 320 g/mol. The summed E-state index contributed by atoms with van der Waals surface area (Å²) < 4.78 is 0.606. The molecular formula is C11H14BrNO5. The summed E-state index contributed by atoms with van der Waals surface area (Å²) in [5.41, 5.74) is -1.53. The van der Waals surface area contributed by atoms with Gasteiger partial charge < -0.3 is 25.7 Å². The van der Waals surface area contributed by atoms with Crippen molar-refractivity contribution < 1.29 is 25.2 Å². The van der Waals surface area contributed by atoms with Crippen molar-refractivity contribution in [2.45, 2.75) is 5.54 Å². The Morgan fingerprint density at radius 3 is 2.22 bits per heavy atom. The number of aromatic hydroxyl groups is 1. The number of halogens is 1. The zero-order valence-electron chi connectivity index (χ0n) is 9.43. The lowest BCUT2D eigenvalue weighted by atomic mass is 10.0. The summed E-state index contributed by atoms with van der Waals surface area (Å²) >= 11 is 3.14. The molecule has 0 unspecified atom stereocenters. The molecule has 7 heteroatoms. The van der Waals surface area contributed by atoms with Crippen LogP contribution in [0.25, 0.3) is 0 Å². The normalized spacial score (nSPS) is 11.3. The summed E-state index contributed by atoms with van der Waals surface area (Å²) in [6, 6.07) is 4.28. The third-order valence-electron chi connectivity index (χ3n) is 2.49. The molecule has 1 aromatic rings. The molecule has 1 amide bonds. The Balaban J connectivity index is 2.94. The van der Waals surface area contributed by atoms with Crippen molar-refractivity contribution >= 4 is 21.8 Å². The van der Waals surface area contributed by atoms with Gasteiger partial charge in [-0.05, 0) is 18.2 Å². The Hall–Kier alpha value is -1.15. The topological polar surface area (TPSA) is 110 Å². The first-order valence-electron chi connectivity index (χ1n) is 5.11. The van der Waals surface area contributed by atoms with Gasteiger partial charge in [0.1, 0.15) is 11.3 Å². The van der Waals surface area contributed by atoms with Crippen LogP contribution in [0.15, 0.2) is 22.7 Å². The van der Waals surface area contributed by atoms with E-state index in [0.29, 0.717) is 4.47 Å². The van der Waals surface area contributed by atoms with Crippen LogP contribution in [-0.4, -0.2) is 51.7 Å². The van der Waals surface area contributed by atoms with Crippen molar-refractivity contribution in [1.82, 2.24) is 5.32 Å². The number of phenolic OH excluding ortho intramolecular Hbond substituents is 1. The van der Waals surface area contributed by atoms with Crippen LogP contribution in [-0.2, 0) is 0 Å². The molecule has 0 fully saturated rings. The summed E-state index contributed by atoms with van der Waals surface area (Å²) in [7, 11) is 0. The van der Waals surface area contributed by atoms with Gasteiger partial charge in [0.05, 0.1) is 25.4 Å². The van der Waals surface area contributed by atoms with E-state index in [1.54, 1.807) is 6.07 Å². The van der Waals surface area contributed by atoms with Gasteiger partial charge in [-0.1, -0.05) is 15.9 Å². The van der Waals surface area contributed by atoms with Gasteiger partial charge in [-0.25, -0.2) is 0 Å². The SMILES string of the molecule is O=C(NC(CO)(CO)CO)c1ccc(Br)cc1O. The second kappa shape index (κ2) is 6.14. The average Bonchev–Trinajstić information content (AvgIpc) is 2.36. The fourth-order valence-corrected chi connectivity index (χ4v) is 1.62. The number of phenols is 1. The van der Waals surface area contributed by atoms with Crippen LogP contribution >= 0.6 is 15.9 Å². The van der Waals surface area contributed by atoms with Crippen molar-refractivity contribution in [1.29, 1.82) is 0 Å². The predicted octanol–water partition coefficient (Wildman–Crippen LogP) is -0.400. The Bertz CT molecular complexity index is 425. The van der Waals surface area contributed by atoms with Crippen molar-refractivity contribution in [3.8, 4) is 5.75 Å². The van der Waals surface area contributed by atoms with E-state index in [2.05, 4.69) is 21.2 Å². The minimum Gasteiger partial charge on any atom is -0.507 e. The van der Waals surface area contributed by atoms with Crippen LogP contribution in [0.4, 0.5) is 0 Å². The Morgan fingerprint density at radius 1 is 1.22 bits per heavy atom. The van der Waals surface area contributed by atoms with E-state index in [9.17, 15) is 9.90 Å². The highest BCUT2D eigenvalue weighted by atomic mass is 79.9. The molecule has 18 heavy (non-hydrogen) atoms. The van der Waals surface area contributed by atoms with E-state index in [4.69, 9.17) is 15.3 Å². The van der Waals surface area contributed by atoms with Crippen LogP contribution in [0, 0.1) is 0 Å². The highest BCUT2D eigenvalue weighted by Gasteiger charge is 2.31. The number of rotatable bonds is 5. The third-order valence-corrected chi connectivity index (χ3v) is 2.98. The highest BCUT2D eigenvalue weighted by Crippen LogP contribution is 2.22. The largest absolute Gasteiger partial charge is 0.507 e. The lowest BCUT2D eigenvalue weighted by Crippen LogP contribution is -2.57. The maximum Gasteiger partial charge on any atom is 0.255 e. The summed E-state index contributed by atoms with van der Waals surface area (Å²) in [5, 5.41) is 39.1. The van der Waals surface area contributed by atoms with Crippen LogP contribution in [0.3, 0.4) is 0 Å². The first-order chi connectivity index (χ1) is 8.48. The Morgan fingerprint density at radius 2 is 1.78 bits per heavy atom. The fraction of sp³-hybridized carbons (Fsp3) is 0.364. The number of carbonyl (C=O) groups excluding carboxylic acids is 1. The quantitative estimate of drug-likeness (QED) is 0.507. The van der Waals surface area contributed by atoms with E-state index < -0.39 is 31.3 Å². The molecule has 6 nitrogen and oxygen atoms in total. The standard InChI is InChI=1S/C11H14BrNO5/c12-7-1-2-8(9(17)3-7)10(18)13-11(4-14,5-15)6-16/h1-3,14-17H,4-6H2,(H,13,18). The molecule has 100 valence electrons. The molecule has 0 atom stereocenters. The van der Waals surface area contributed by atoms with Gasteiger partial charge in [0.15, 0.2) is 0 Å². The van der Waals surface area contributed by atoms with Crippen LogP contribution in [0.2, 0.25) is 0 Å². The molecule has 0 bridgehead atoms. The zero-order chi connectivity index (χ0) is 13.8. The van der Waals surface area contributed by atoms with E-state index >= 15 is 0 Å². The first-order valence-corrected chi connectivity index (χ1v) is 5.91. The smallest absolute Gasteiger partial charge is 0.255 e. The molecule has 0 spiro atoms. The van der Waals surface area contributed by atoms with Crippen LogP contribution in [0.5, 0.6) is 5.75 Å². The number of benzene rings is 1. The number of aliphatic hydroxyl groups excluding tert-OH is 3. The summed E-state index contributed by atoms with van der Waals surface area (Å²) in [5.74, 6) is -0.943. The molecule has 0 heterocycles. The monoisotopic (exact) mass is 319 g/mol. The van der Waals surface area contributed by atoms with Crippen molar-refractivity contribution in [3.63, 3.8) is 0 Å². The van der Waals surface area contributed by atoms with E-state index in [1.165, 1.54) is 12.1 Å². The number of carbonyl (C=O) groups is 1. The van der Waals surface area contributed by atoms with Gasteiger partial charge in [-0.15, -0.1) is 0 Å². The number of aliphatic hydroxyl groups is 3. The van der Waals surface area contributed by atoms with Gasteiger partial charge in [-0.2, -0.15) is 0 Å². The minimum absolute atomic E-state index is 0.0158. The molecule has 0 aliphatic heterocycles. The fourth-order valence-electron chi connectivity index (χ4n) is 1.27. The lowest BCUT2D eigenvalue weighted by Gasteiger charge is -2.28. The third kappa shape index (κ3) is 3.20. The second-order valence-electron chi connectivity index (χ2n) is 3.87. The number of amides is 1. The molecule has 0 aromatic heterocycles. The molecule has 0 saturated carbocycles. The van der Waals surface area contributed by atoms with Gasteiger partial charge in [0.25, 0.3) is 5.91 Å². The predicted molar refractivity (Wildman–Crippen MR) is 67.3 cm³/mol. The molecule has 0 aliphatic rings. The molecule has 1 aromatic carbocycles. The zero-order valence-corrected chi connectivity index (χ0v) is 11.0. The first kappa shape index (κ1) is 14.9. The van der Waals surface area contributed by atoms with Crippen LogP contribution < -0.4 is 5.32 Å². The Labute approximate surface area is 112 Å². The second-order valence-corrected chi connectivity index (χ2v) is 4.79. The lowest BCUT2D eigenvalue weighted by molar-refractivity contribution is 0.0374. The van der Waals surface area contributed by atoms with E-state index in [1.807, 2.05) is 0 Å². The molecule has 0 saturated heterocycles. The maximum atomic E-state index is 11.8. The van der Waals surface area contributed by atoms with Crippen LogP contribution in [0.1, 0.15) is 10.4 Å². The Kier molecular flexibility index (Phi) is 5.09. The van der Waals surface area contributed by atoms with Crippen molar-refractivity contribution in [2.75, 3.05) is 19.8 Å². The highest BCUT2D eigenvalue weighted by molar-refractivity contribution is 9.10. The molecule has 0 radical (unpaired) electrons. The number of nitrogens with one attached hydrogen (secondary N) is 1. The van der Waals surface area contributed by atoms with E-state index in [-0.39, 0.29) is 11.3 Å². The summed E-state index contributed by atoms with van der Waals surface area (Å²) in [6.07, 6.45) is 0. The van der Waals surface area contributed by atoms with E-state index in [0.717, 1.165) is 0 Å². The summed E-state index contributed by atoms with van der Waals surface area (Å²) in [4.78, 5) is 11.8. The van der Waals surface area contributed by atoms with Crippen molar-refractivity contribution in [2.24, 2.45) is 0 Å². The molecule has 1 rings (SSSR count). The molecule has 0 aliphatic carbocycles. The number of hydrogen-bond donors (Lipinski definition) is 5. The van der Waals surface area contributed by atoms with Gasteiger partial charge in [0, 0.05) is 4.47 Å².